The van der Waals surface area contributed by atoms with E-state index in [1.165, 1.54) is 21.9 Å². The monoisotopic (exact) mass is 323 g/mol. The van der Waals surface area contributed by atoms with E-state index in [4.69, 9.17) is 11.6 Å². The summed E-state index contributed by atoms with van der Waals surface area (Å²) in [6.07, 6.45) is -0.0148. The average molecular weight is 324 g/mol. The Morgan fingerprint density at radius 3 is 2.22 bits per heavy atom. The smallest absolute Gasteiger partial charge is 0.138 e. The van der Waals surface area contributed by atoms with Gasteiger partial charge in [-0.25, -0.2) is 0 Å². The van der Waals surface area contributed by atoms with Crippen molar-refractivity contribution in [3.63, 3.8) is 0 Å². The standard InChI is InChI=1S/C19H18ClN3/c20-19-22-17(14-8-2-1-3-9-14)21-18(23-19)16-12-6-10-13-7-4-5-11-15(13)16/h1-12,17-19,21-23H. The van der Waals surface area contributed by atoms with Gasteiger partial charge < -0.3 is 0 Å². The third-order valence-corrected chi connectivity index (χ3v) is 4.48. The van der Waals surface area contributed by atoms with Crippen molar-refractivity contribution in [2.45, 2.75) is 18.0 Å². The van der Waals surface area contributed by atoms with Crippen LogP contribution in [-0.2, 0) is 0 Å². The number of nitrogens with one attached hydrogen (secondary N) is 3. The average Bonchev–Trinajstić information content (AvgIpc) is 2.61. The highest BCUT2D eigenvalue weighted by molar-refractivity contribution is 6.20. The highest BCUT2D eigenvalue weighted by Gasteiger charge is 2.28. The minimum Gasteiger partial charge on any atom is -0.279 e. The zero-order valence-corrected chi connectivity index (χ0v) is 13.3. The lowest BCUT2D eigenvalue weighted by Crippen LogP contribution is -2.56. The molecule has 23 heavy (non-hydrogen) atoms. The molecule has 1 fully saturated rings. The Bertz CT molecular complexity index is 801. The Morgan fingerprint density at radius 1 is 0.652 bits per heavy atom. The van der Waals surface area contributed by atoms with Crippen LogP contribution in [-0.4, -0.2) is 5.62 Å². The molecule has 3 aromatic rings. The van der Waals surface area contributed by atoms with Gasteiger partial charge in [0.25, 0.3) is 0 Å². The lowest BCUT2D eigenvalue weighted by Gasteiger charge is -2.37. The second kappa shape index (κ2) is 6.30. The fourth-order valence-electron chi connectivity index (χ4n) is 3.12. The summed E-state index contributed by atoms with van der Waals surface area (Å²) in [4.78, 5) is 0. The topological polar surface area (TPSA) is 36.1 Å². The molecule has 4 heteroatoms. The third kappa shape index (κ3) is 2.96. The summed E-state index contributed by atoms with van der Waals surface area (Å²) in [5.74, 6) is 0. The minimum absolute atomic E-state index is 0.00363. The Kier molecular flexibility index (Phi) is 4.02. The Balaban J connectivity index is 1.70. The first-order valence-electron chi connectivity index (χ1n) is 7.76. The number of rotatable bonds is 2. The molecule has 3 atom stereocenters. The zero-order chi connectivity index (χ0) is 15.6. The van der Waals surface area contributed by atoms with Gasteiger partial charge in [0, 0.05) is 0 Å². The van der Waals surface area contributed by atoms with Gasteiger partial charge in [0.05, 0.1) is 12.3 Å². The highest BCUT2D eigenvalue weighted by Crippen LogP contribution is 2.27. The minimum atomic E-state index is -0.301. The number of hydrogen-bond donors (Lipinski definition) is 3. The Hall–Kier alpha value is -1.91. The molecule has 0 amide bonds. The van der Waals surface area contributed by atoms with E-state index in [0.29, 0.717) is 0 Å². The molecule has 0 radical (unpaired) electrons. The number of halogens is 1. The van der Waals surface area contributed by atoms with Crippen LogP contribution in [0.15, 0.2) is 72.8 Å². The summed E-state index contributed by atoms with van der Waals surface area (Å²) in [5.41, 5.74) is 2.08. The van der Waals surface area contributed by atoms with Gasteiger partial charge in [0.15, 0.2) is 0 Å². The summed E-state index contributed by atoms with van der Waals surface area (Å²) in [6, 6.07) is 25.1. The van der Waals surface area contributed by atoms with Gasteiger partial charge in [-0.1, -0.05) is 84.4 Å². The van der Waals surface area contributed by atoms with Crippen LogP contribution in [0, 0.1) is 0 Å². The van der Waals surface area contributed by atoms with Gasteiger partial charge in [-0.3, -0.25) is 16.0 Å². The molecule has 1 heterocycles. The summed E-state index contributed by atoms with van der Waals surface area (Å²) in [6.45, 7) is 0. The SMILES string of the molecule is ClC1NC(c2ccccc2)NC(c2cccc3ccccc23)N1. The van der Waals surface area contributed by atoms with E-state index in [1.54, 1.807) is 0 Å². The molecule has 0 spiro atoms. The number of alkyl halides is 1. The quantitative estimate of drug-likeness (QED) is 0.495. The van der Waals surface area contributed by atoms with Crippen molar-refractivity contribution in [2.24, 2.45) is 0 Å². The van der Waals surface area contributed by atoms with E-state index in [0.717, 1.165) is 0 Å². The summed E-state index contributed by atoms with van der Waals surface area (Å²) in [7, 11) is 0. The zero-order valence-electron chi connectivity index (χ0n) is 12.5. The first-order chi connectivity index (χ1) is 11.3. The molecule has 116 valence electrons. The van der Waals surface area contributed by atoms with Crippen LogP contribution in [0.1, 0.15) is 23.5 Å². The van der Waals surface area contributed by atoms with Gasteiger partial charge in [0.2, 0.25) is 0 Å². The molecule has 3 nitrogen and oxygen atoms in total. The number of benzene rings is 3. The molecule has 0 aromatic heterocycles. The predicted molar refractivity (Wildman–Crippen MR) is 94.9 cm³/mol. The fraction of sp³-hybridized carbons (Fsp3) is 0.158. The van der Waals surface area contributed by atoms with Crippen molar-refractivity contribution in [3.05, 3.63) is 83.9 Å². The van der Waals surface area contributed by atoms with Crippen molar-refractivity contribution in [3.8, 4) is 0 Å². The van der Waals surface area contributed by atoms with Crippen LogP contribution in [0.4, 0.5) is 0 Å². The van der Waals surface area contributed by atoms with Gasteiger partial charge in [-0.05, 0) is 21.9 Å². The van der Waals surface area contributed by atoms with Gasteiger partial charge >= 0.3 is 0 Å². The van der Waals surface area contributed by atoms with Crippen molar-refractivity contribution < 1.29 is 0 Å². The Morgan fingerprint density at radius 2 is 1.35 bits per heavy atom. The second-order valence-electron chi connectivity index (χ2n) is 5.71. The largest absolute Gasteiger partial charge is 0.279 e. The molecule has 1 aliphatic heterocycles. The van der Waals surface area contributed by atoms with Crippen LogP contribution in [0.25, 0.3) is 10.8 Å². The van der Waals surface area contributed by atoms with Crippen LogP contribution in [0.5, 0.6) is 0 Å². The van der Waals surface area contributed by atoms with E-state index in [2.05, 4.69) is 70.5 Å². The van der Waals surface area contributed by atoms with Crippen LogP contribution in [0.3, 0.4) is 0 Å². The molecule has 1 aliphatic rings. The van der Waals surface area contributed by atoms with Crippen LogP contribution < -0.4 is 16.0 Å². The normalized spacial score (nSPS) is 24.7. The van der Waals surface area contributed by atoms with Crippen molar-refractivity contribution in [1.82, 2.24) is 16.0 Å². The summed E-state index contributed by atoms with van der Waals surface area (Å²) >= 11 is 6.39. The van der Waals surface area contributed by atoms with E-state index in [-0.39, 0.29) is 18.0 Å². The van der Waals surface area contributed by atoms with Crippen molar-refractivity contribution in [1.29, 1.82) is 0 Å². The molecule has 3 aromatic carbocycles. The first-order valence-corrected chi connectivity index (χ1v) is 8.20. The van der Waals surface area contributed by atoms with E-state index >= 15 is 0 Å². The maximum atomic E-state index is 6.39. The fourth-order valence-corrected chi connectivity index (χ4v) is 3.38. The van der Waals surface area contributed by atoms with Crippen molar-refractivity contribution >= 4 is 22.4 Å². The van der Waals surface area contributed by atoms with E-state index in [1.807, 2.05) is 18.2 Å². The molecule has 1 saturated heterocycles. The van der Waals surface area contributed by atoms with Crippen molar-refractivity contribution in [2.75, 3.05) is 0 Å². The Labute approximate surface area is 140 Å². The molecule has 0 aliphatic carbocycles. The number of fused-ring (bicyclic) bond motifs is 1. The third-order valence-electron chi connectivity index (χ3n) is 4.23. The summed E-state index contributed by atoms with van der Waals surface area (Å²) < 4.78 is 0. The lowest BCUT2D eigenvalue weighted by molar-refractivity contribution is 0.247. The van der Waals surface area contributed by atoms with Crippen LogP contribution >= 0.6 is 11.6 Å². The van der Waals surface area contributed by atoms with Crippen LogP contribution in [0.2, 0.25) is 0 Å². The maximum absolute atomic E-state index is 6.39. The summed E-state index contributed by atoms with van der Waals surface area (Å²) in [5, 5.41) is 12.8. The maximum Gasteiger partial charge on any atom is 0.138 e. The van der Waals surface area contributed by atoms with Gasteiger partial charge in [-0.2, -0.15) is 0 Å². The molecule has 4 rings (SSSR count). The van der Waals surface area contributed by atoms with E-state index in [9.17, 15) is 0 Å². The highest BCUT2D eigenvalue weighted by atomic mass is 35.5. The second-order valence-corrected chi connectivity index (χ2v) is 6.14. The predicted octanol–water partition coefficient (Wildman–Crippen LogP) is 3.84. The molecular weight excluding hydrogens is 306 g/mol. The van der Waals surface area contributed by atoms with E-state index < -0.39 is 0 Å². The first kappa shape index (κ1) is 14.7. The molecule has 3 N–H and O–H groups in total. The van der Waals surface area contributed by atoms with Gasteiger partial charge in [-0.15, -0.1) is 0 Å². The molecule has 0 saturated carbocycles. The molecular formula is C19H18ClN3. The number of hydrogen-bond acceptors (Lipinski definition) is 3. The molecule has 3 unspecified atom stereocenters. The van der Waals surface area contributed by atoms with Gasteiger partial charge in [0.1, 0.15) is 5.62 Å². The molecule has 0 bridgehead atoms. The lowest BCUT2D eigenvalue weighted by atomic mass is 10.0.